The summed E-state index contributed by atoms with van der Waals surface area (Å²) in [6, 6.07) is 0. The molecule has 1 N–H and O–H groups in total. The maximum Gasteiger partial charge on any atom is 0.0641 e. The van der Waals surface area contributed by atoms with Crippen LogP contribution in [-0.2, 0) is 13.0 Å². The Morgan fingerprint density at radius 3 is 2.82 bits per heavy atom. The number of hydrogen-bond donors (Lipinski definition) is 1. The number of nitrogens with zero attached hydrogens (tertiary/aromatic N) is 2. The summed E-state index contributed by atoms with van der Waals surface area (Å²) in [7, 11) is 0. The second kappa shape index (κ2) is 3.53. The van der Waals surface area contributed by atoms with E-state index in [1.807, 2.05) is 13.1 Å². The summed E-state index contributed by atoms with van der Waals surface area (Å²) in [5.41, 5.74) is 2.33. The zero-order valence-electron chi connectivity index (χ0n) is 7.04. The zero-order valence-corrected chi connectivity index (χ0v) is 7.04. The van der Waals surface area contributed by atoms with E-state index in [2.05, 4.69) is 12.0 Å². The number of rotatable bonds is 3. The lowest BCUT2D eigenvalue weighted by atomic mass is 10.2. The summed E-state index contributed by atoms with van der Waals surface area (Å²) >= 11 is 0. The van der Waals surface area contributed by atoms with Gasteiger partial charge in [-0.25, -0.2) is 0 Å². The maximum atomic E-state index is 8.63. The Labute approximate surface area is 66.7 Å². The largest absolute Gasteiger partial charge is 0.394 e. The van der Waals surface area contributed by atoms with Crippen molar-refractivity contribution in [2.75, 3.05) is 6.61 Å². The molecule has 0 bridgehead atoms. The predicted molar refractivity (Wildman–Crippen MR) is 43.4 cm³/mol. The first-order valence-electron chi connectivity index (χ1n) is 3.91. The number of aryl methyl sites for hydroxylation is 2. The smallest absolute Gasteiger partial charge is 0.0641 e. The minimum absolute atomic E-state index is 0.157. The second-order valence-electron chi connectivity index (χ2n) is 2.58. The molecule has 3 heteroatoms. The van der Waals surface area contributed by atoms with Crippen LogP contribution in [0.2, 0.25) is 0 Å². The highest BCUT2D eigenvalue weighted by Gasteiger charge is 2.00. The van der Waals surface area contributed by atoms with E-state index in [1.54, 1.807) is 4.68 Å². The monoisotopic (exact) mass is 154 g/mol. The van der Waals surface area contributed by atoms with E-state index in [1.165, 1.54) is 5.56 Å². The molecule has 0 aliphatic heterocycles. The maximum absolute atomic E-state index is 8.63. The van der Waals surface area contributed by atoms with Crippen molar-refractivity contribution in [3.63, 3.8) is 0 Å². The standard InChI is InChI=1S/C8H14N2O/c1-3-8-6-10(4-5-11)9-7(8)2/h6,11H,3-5H2,1-2H3. The van der Waals surface area contributed by atoms with Crippen LogP contribution in [0.1, 0.15) is 18.2 Å². The molecule has 0 amide bonds. The fraction of sp³-hybridized carbons (Fsp3) is 0.625. The zero-order chi connectivity index (χ0) is 8.27. The van der Waals surface area contributed by atoms with Gasteiger partial charge in [0.1, 0.15) is 0 Å². The Hall–Kier alpha value is -0.830. The average molecular weight is 154 g/mol. The molecule has 0 aromatic carbocycles. The highest BCUT2D eigenvalue weighted by molar-refractivity contribution is 5.14. The molecule has 0 unspecified atom stereocenters. The van der Waals surface area contributed by atoms with Crippen LogP contribution in [0.4, 0.5) is 0 Å². The van der Waals surface area contributed by atoms with Crippen LogP contribution < -0.4 is 0 Å². The average Bonchev–Trinajstić information content (AvgIpc) is 2.32. The molecule has 0 aliphatic carbocycles. The van der Waals surface area contributed by atoms with E-state index in [-0.39, 0.29) is 6.61 Å². The van der Waals surface area contributed by atoms with Crippen molar-refractivity contribution in [1.82, 2.24) is 9.78 Å². The lowest BCUT2D eigenvalue weighted by molar-refractivity contribution is 0.269. The third kappa shape index (κ3) is 1.80. The molecule has 0 fully saturated rings. The van der Waals surface area contributed by atoms with Gasteiger partial charge in [-0.05, 0) is 18.9 Å². The molecule has 0 spiro atoms. The van der Waals surface area contributed by atoms with Crippen molar-refractivity contribution in [2.45, 2.75) is 26.8 Å². The summed E-state index contributed by atoms with van der Waals surface area (Å²) in [4.78, 5) is 0. The summed E-state index contributed by atoms with van der Waals surface area (Å²) in [5, 5.41) is 12.9. The van der Waals surface area contributed by atoms with Crippen molar-refractivity contribution < 1.29 is 5.11 Å². The second-order valence-corrected chi connectivity index (χ2v) is 2.58. The van der Waals surface area contributed by atoms with Crippen LogP contribution in [0.25, 0.3) is 0 Å². The van der Waals surface area contributed by atoms with Gasteiger partial charge >= 0.3 is 0 Å². The van der Waals surface area contributed by atoms with Gasteiger partial charge in [0.25, 0.3) is 0 Å². The quantitative estimate of drug-likeness (QED) is 0.697. The summed E-state index contributed by atoms with van der Waals surface area (Å²) in [5.74, 6) is 0. The van der Waals surface area contributed by atoms with Gasteiger partial charge in [0.15, 0.2) is 0 Å². The Kier molecular flexibility index (Phi) is 2.65. The van der Waals surface area contributed by atoms with E-state index in [0.717, 1.165) is 12.1 Å². The Morgan fingerprint density at radius 2 is 2.36 bits per heavy atom. The van der Waals surface area contributed by atoms with E-state index in [4.69, 9.17) is 5.11 Å². The van der Waals surface area contributed by atoms with Gasteiger partial charge < -0.3 is 5.11 Å². The first-order chi connectivity index (χ1) is 5.27. The van der Waals surface area contributed by atoms with E-state index in [0.29, 0.717) is 6.54 Å². The fourth-order valence-electron chi connectivity index (χ4n) is 1.12. The summed E-state index contributed by atoms with van der Waals surface area (Å²) in [6.45, 7) is 4.85. The molecule has 62 valence electrons. The van der Waals surface area contributed by atoms with Crippen molar-refractivity contribution in [2.24, 2.45) is 0 Å². The van der Waals surface area contributed by atoms with Crippen LogP contribution in [0.15, 0.2) is 6.20 Å². The van der Waals surface area contributed by atoms with Gasteiger partial charge in [0.05, 0.1) is 18.8 Å². The molecule has 11 heavy (non-hydrogen) atoms. The highest BCUT2D eigenvalue weighted by atomic mass is 16.3. The molecule has 0 saturated heterocycles. The molecular formula is C8H14N2O. The molecule has 0 radical (unpaired) electrons. The normalized spacial score (nSPS) is 10.5. The predicted octanol–water partition coefficient (Wildman–Crippen LogP) is 0.746. The van der Waals surface area contributed by atoms with Gasteiger partial charge in [0, 0.05) is 6.20 Å². The Morgan fingerprint density at radius 1 is 1.64 bits per heavy atom. The van der Waals surface area contributed by atoms with Crippen LogP contribution >= 0.6 is 0 Å². The molecule has 0 saturated carbocycles. The van der Waals surface area contributed by atoms with Crippen molar-refractivity contribution in [3.05, 3.63) is 17.5 Å². The molecule has 1 aromatic rings. The number of aliphatic hydroxyl groups excluding tert-OH is 1. The molecule has 1 heterocycles. The van der Waals surface area contributed by atoms with Crippen LogP contribution in [0, 0.1) is 6.92 Å². The van der Waals surface area contributed by atoms with Crippen molar-refractivity contribution >= 4 is 0 Å². The fourth-order valence-corrected chi connectivity index (χ4v) is 1.12. The molecule has 0 atom stereocenters. The molecule has 0 aliphatic rings. The third-order valence-electron chi connectivity index (χ3n) is 1.76. The van der Waals surface area contributed by atoms with Gasteiger partial charge in [-0.1, -0.05) is 6.92 Å². The first-order valence-corrected chi connectivity index (χ1v) is 3.91. The van der Waals surface area contributed by atoms with Gasteiger partial charge in [-0.15, -0.1) is 0 Å². The van der Waals surface area contributed by atoms with Gasteiger partial charge in [0.2, 0.25) is 0 Å². The Bertz CT molecular complexity index is 230. The SMILES string of the molecule is CCc1cn(CCO)nc1C. The van der Waals surface area contributed by atoms with E-state index >= 15 is 0 Å². The third-order valence-corrected chi connectivity index (χ3v) is 1.76. The summed E-state index contributed by atoms with van der Waals surface area (Å²) < 4.78 is 1.79. The van der Waals surface area contributed by atoms with Crippen molar-refractivity contribution in [3.8, 4) is 0 Å². The van der Waals surface area contributed by atoms with E-state index in [9.17, 15) is 0 Å². The topological polar surface area (TPSA) is 38.0 Å². The van der Waals surface area contributed by atoms with Crippen LogP contribution in [0.5, 0.6) is 0 Å². The lowest BCUT2D eigenvalue weighted by Crippen LogP contribution is -2.02. The molecule has 1 rings (SSSR count). The number of hydrogen-bond acceptors (Lipinski definition) is 2. The Balaban J connectivity index is 2.77. The minimum Gasteiger partial charge on any atom is -0.394 e. The van der Waals surface area contributed by atoms with Gasteiger partial charge in [-0.2, -0.15) is 5.10 Å². The van der Waals surface area contributed by atoms with Crippen LogP contribution in [-0.4, -0.2) is 21.5 Å². The molecule has 1 aromatic heterocycles. The van der Waals surface area contributed by atoms with Crippen molar-refractivity contribution in [1.29, 1.82) is 0 Å². The van der Waals surface area contributed by atoms with Crippen LogP contribution in [0.3, 0.4) is 0 Å². The first kappa shape index (κ1) is 8.27. The highest BCUT2D eigenvalue weighted by Crippen LogP contribution is 2.05. The molecule has 3 nitrogen and oxygen atoms in total. The minimum atomic E-state index is 0.157. The van der Waals surface area contributed by atoms with E-state index < -0.39 is 0 Å². The summed E-state index contributed by atoms with van der Waals surface area (Å²) in [6.07, 6.45) is 3.00. The number of aliphatic hydroxyl groups is 1. The number of aromatic nitrogens is 2. The lowest BCUT2D eigenvalue weighted by Gasteiger charge is -1.93. The molecular weight excluding hydrogens is 140 g/mol. The van der Waals surface area contributed by atoms with Gasteiger partial charge in [-0.3, -0.25) is 4.68 Å².